The molecule has 2 aliphatic rings. The Morgan fingerprint density at radius 2 is 1.81 bits per heavy atom. The Kier molecular flexibility index (Phi) is 4.75. The Bertz CT molecular complexity index is 805. The van der Waals surface area contributed by atoms with E-state index in [4.69, 9.17) is 10.3 Å². The molecular weight excluding hydrogens is 342 g/mol. The molecule has 27 heavy (non-hydrogen) atoms. The van der Waals surface area contributed by atoms with Crippen molar-refractivity contribution in [2.24, 2.45) is 0 Å². The van der Waals surface area contributed by atoms with Crippen molar-refractivity contribution in [3.8, 4) is 5.69 Å². The number of aromatic nitrogens is 2. The van der Waals surface area contributed by atoms with Gasteiger partial charge >= 0.3 is 0 Å². The summed E-state index contributed by atoms with van der Waals surface area (Å²) in [4.78, 5) is 17.2. The molecule has 1 aliphatic carbocycles. The average Bonchev–Trinajstić information content (AvgIpc) is 3.40. The number of hydrogen-bond acceptors (Lipinski definition) is 5. The first-order chi connectivity index (χ1) is 13.0. The molecule has 7 nitrogen and oxygen atoms in total. The Balaban J connectivity index is 1.64. The Morgan fingerprint density at radius 3 is 2.37 bits per heavy atom. The number of nitrogens with one attached hydrogen (secondary N) is 1. The highest BCUT2D eigenvalue weighted by Gasteiger charge is 2.52. The fourth-order valence-electron chi connectivity index (χ4n) is 4.11. The summed E-state index contributed by atoms with van der Waals surface area (Å²) >= 11 is 0. The third-order valence-electron chi connectivity index (χ3n) is 5.89. The van der Waals surface area contributed by atoms with Crippen LogP contribution in [0.15, 0.2) is 36.4 Å². The topological polar surface area (TPSA) is 73.6 Å². The molecule has 1 aromatic carbocycles. The molecule has 0 unspecified atom stereocenters. The van der Waals surface area contributed by atoms with Gasteiger partial charge in [-0.25, -0.2) is 10.2 Å². The zero-order valence-electron chi connectivity index (χ0n) is 15.9. The molecule has 0 spiro atoms. The van der Waals surface area contributed by atoms with E-state index in [1.54, 1.807) is 10.2 Å². The minimum atomic E-state index is -0.543. The van der Waals surface area contributed by atoms with Crippen LogP contribution in [-0.2, 0) is 5.54 Å². The van der Waals surface area contributed by atoms with Gasteiger partial charge in [-0.05, 0) is 44.9 Å². The van der Waals surface area contributed by atoms with E-state index in [-0.39, 0.29) is 5.54 Å². The largest absolute Gasteiger partial charge is 0.298 e. The molecular formula is C20H27N5O2. The van der Waals surface area contributed by atoms with Crippen LogP contribution in [0.1, 0.15) is 42.9 Å². The van der Waals surface area contributed by atoms with E-state index in [0.717, 1.165) is 50.4 Å². The second-order valence-corrected chi connectivity index (χ2v) is 7.75. The van der Waals surface area contributed by atoms with Crippen LogP contribution in [0.25, 0.3) is 5.69 Å². The SMILES string of the molecule is CC(C)N1CCN(C2(c3cc(C(=O)NO)n(-c4ccccc4)n3)CC2)CC1. The van der Waals surface area contributed by atoms with E-state index >= 15 is 0 Å². The quantitative estimate of drug-likeness (QED) is 0.623. The Morgan fingerprint density at radius 1 is 1.15 bits per heavy atom. The number of carbonyl (C=O) groups is 1. The number of hydroxylamine groups is 1. The maximum absolute atomic E-state index is 12.2. The number of piperazine rings is 1. The molecule has 0 atom stereocenters. The van der Waals surface area contributed by atoms with Crippen LogP contribution < -0.4 is 5.48 Å². The van der Waals surface area contributed by atoms with Gasteiger partial charge < -0.3 is 0 Å². The lowest BCUT2D eigenvalue weighted by atomic mass is 10.1. The van der Waals surface area contributed by atoms with Crippen molar-refractivity contribution < 1.29 is 10.0 Å². The van der Waals surface area contributed by atoms with Crippen LogP contribution in [0.4, 0.5) is 0 Å². The third kappa shape index (κ3) is 3.26. The van der Waals surface area contributed by atoms with E-state index < -0.39 is 5.91 Å². The first kappa shape index (κ1) is 18.2. The fourth-order valence-corrected chi connectivity index (χ4v) is 4.11. The number of benzene rings is 1. The molecule has 1 saturated heterocycles. The van der Waals surface area contributed by atoms with Crippen molar-refractivity contribution in [2.75, 3.05) is 26.2 Å². The smallest absolute Gasteiger partial charge is 0.293 e. The summed E-state index contributed by atoms with van der Waals surface area (Å²) in [5.41, 5.74) is 3.76. The van der Waals surface area contributed by atoms with Gasteiger partial charge in [-0.15, -0.1) is 0 Å². The summed E-state index contributed by atoms with van der Waals surface area (Å²) in [6.07, 6.45) is 2.11. The van der Waals surface area contributed by atoms with Gasteiger partial charge in [0, 0.05) is 32.2 Å². The van der Waals surface area contributed by atoms with Crippen LogP contribution in [0.5, 0.6) is 0 Å². The molecule has 2 N–H and O–H groups in total. The predicted octanol–water partition coefficient (Wildman–Crippen LogP) is 2.01. The third-order valence-corrected chi connectivity index (χ3v) is 5.89. The molecule has 7 heteroatoms. The number of hydrogen-bond donors (Lipinski definition) is 2. The molecule has 1 saturated carbocycles. The molecule has 0 bridgehead atoms. The van der Waals surface area contributed by atoms with Crippen molar-refractivity contribution in [1.82, 2.24) is 25.1 Å². The molecule has 2 aromatic rings. The molecule has 0 radical (unpaired) electrons. The van der Waals surface area contributed by atoms with Crippen molar-refractivity contribution in [1.29, 1.82) is 0 Å². The van der Waals surface area contributed by atoms with E-state index in [9.17, 15) is 4.79 Å². The highest BCUT2D eigenvalue weighted by molar-refractivity contribution is 5.92. The van der Waals surface area contributed by atoms with Crippen molar-refractivity contribution in [3.05, 3.63) is 47.8 Å². The molecule has 1 aromatic heterocycles. The number of amides is 1. The fraction of sp³-hybridized carbons (Fsp3) is 0.500. The number of carbonyl (C=O) groups excluding carboxylic acids is 1. The molecule has 144 valence electrons. The Hall–Kier alpha value is -2.22. The number of rotatable bonds is 5. The van der Waals surface area contributed by atoms with Gasteiger partial charge in [-0.1, -0.05) is 18.2 Å². The number of para-hydroxylation sites is 1. The second kappa shape index (κ2) is 7.07. The van der Waals surface area contributed by atoms with E-state index in [1.807, 2.05) is 36.4 Å². The lowest BCUT2D eigenvalue weighted by Gasteiger charge is -2.40. The molecule has 2 fully saturated rings. The maximum Gasteiger partial charge on any atom is 0.293 e. The van der Waals surface area contributed by atoms with Crippen molar-refractivity contribution in [3.63, 3.8) is 0 Å². The van der Waals surface area contributed by atoms with Crippen molar-refractivity contribution >= 4 is 5.91 Å². The van der Waals surface area contributed by atoms with Crippen LogP contribution in [0.2, 0.25) is 0 Å². The van der Waals surface area contributed by atoms with Gasteiger partial charge in [0.2, 0.25) is 0 Å². The molecule has 1 amide bonds. The van der Waals surface area contributed by atoms with Crippen LogP contribution in [0.3, 0.4) is 0 Å². The lowest BCUT2D eigenvalue weighted by molar-refractivity contribution is 0.0656. The maximum atomic E-state index is 12.2. The Labute approximate surface area is 159 Å². The summed E-state index contributed by atoms with van der Waals surface area (Å²) < 4.78 is 1.63. The molecule has 2 heterocycles. The second-order valence-electron chi connectivity index (χ2n) is 7.75. The van der Waals surface area contributed by atoms with E-state index in [2.05, 4.69) is 23.6 Å². The zero-order chi connectivity index (χ0) is 19.0. The van der Waals surface area contributed by atoms with Crippen LogP contribution in [-0.4, -0.2) is 62.9 Å². The summed E-state index contributed by atoms with van der Waals surface area (Å²) in [7, 11) is 0. The first-order valence-electron chi connectivity index (χ1n) is 9.65. The van der Waals surface area contributed by atoms with E-state index in [0.29, 0.717) is 11.7 Å². The molecule has 1 aliphatic heterocycles. The summed E-state index contributed by atoms with van der Waals surface area (Å²) in [6.45, 7) is 8.62. The lowest BCUT2D eigenvalue weighted by Crippen LogP contribution is -2.52. The first-order valence-corrected chi connectivity index (χ1v) is 9.65. The minimum absolute atomic E-state index is 0.0758. The highest BCUT2D eigenvalue weighted by atomic mass is 16.5. The van der Waals surface area contributed by atoms with Gasteiger partial charge in [0.15, 0.2) is 0 Å². The average molecular weight is 369 g/mol. The van der Waals surface area contributed by atoms with Crippen molar-refractivity contribution in [2.45, 2.75) is 38.3 Å². The van der Waals surface area contributed by atoms with E-state index in [1.165, 1.54) is 0 Å². The summed E-state index contributed by atoms with van der Waals surface area (Å²) in [5.74, 6) is -0.543. The monoisotopic (exact) mass is 369 g/mol. The number of nitrogens with zero attached hydrogens (tertiary/aromatic N) is 4. The van der Waals surface area contributed by atoms with Gasteiger partial charge in [0.1, 0.15) is 5.69 Å². The zero-order valence-corrected chi connectivity index (χ0v) is 15.9. The predicted molar refractivity (Wildman–Crippen MR) is 102 cm³/mol. The van der Waals surface area contributed by atoms with Gasteiger partial charge in [0.05, 0.1) is 16.9 Å². The normalized spacial score (nSPS) is 20.0. The highest BCUT2D eigenvalue weighted by Crippen LogP contribution is 2.51. The van der Waals surface area contributed by atoms with Gasteiger partial charge in [-0.3, -0.25) is 19.8 Å². The minimum Gasteiger partial charge on any atom is -0.298 e. The summed E-state index contributed by atoms with van der Waals surface area (Å²) in [6, 6.07) is 12.0. The molecule has 4 rings (SSSR count). The van der Waals surface area contributed by atoms with Crippen LogP contribution in [0, 0.1) is 0 Å². The van der Waals surface area contributed by atoms with Crippen LogP contribution >= 0.6 is 0 Å². The summed E-state index contributed by atoms with van der Waals surface area (Å²) in [5, 5.41) is 14.0. The van der Waals surface area contributed by atoms with Gasteiger partial charge in [-0.2, -0.15) is 5.10 Å². The standard InChI is InChI=1S/C20H27N5O2/c1-15(2)23-10-12-24(13-11-23)20(8-9-20)18-14-17(19(26)22-27)25(21-18)16-6-4-3-5-7-16/h3-7,14-15,27H,8-13H2,1-2H3,(H,22,26). The van der Waals surface area contributed by atoms with Gasteiger partial charge in [0.25, 0.3) is 5.91 Å².